The van der Waals surface area contributed by atoms with E-state index in [9.17, 15) is 13.2 Å². The third-order valence-electron chi connectivity index (χ3n) is 2.15. The number of hydrogen-bond acceptors (Lipinski definition) is 3. The molecule has 1 saturated heterocycles. The molecule has 0 aromatic carbocycles. The molecular weight excluding hydrogens is 197 g/mol. The first kappa shape index (κ1) is 11.3. The van der Waals surface area contributed by atoms with Crippen molar-refractivity contribution in [3.05, 3.63) is 0 Å². The Kier molecular flexibility index (Phi) is 3.72. The molecule has 1 atom stereocenters. The highest BCUT2D eigenvalue weighted by Crippen LogP contribution is 2.27. The Morgan fingerprint density at radius 3 is 2.36 bits per heavy atom. The maximum atomic E-state index is 12.5. The van der Waals surface area contributed by atoms with Crippen molar-refractivity contribution >= 4 is 0 Å². The summed E-state index contributed by atoms with van der Waals surface area (Å²) >= 11 is 0. The summed E-state index contributed by atoms with van der Waals surface area (Å²) < 4.78 is 42.3. The second-order valence-electron chi connectivity index (χ2n) is 3.07. The Morgan fingerprint density at radius 1 is 1.36 bits per heavy atom. The Hall–Kier alpha value is -0.800. The van der Waals surface area contributed by atoms with E-state index in [4.69, 9.17) is 10.00 Å². The quantitative estimate of drug-likeness (QED) is 0.683. The van der Waals surface area contributed by atoms with Crippen molar-refractivity contribution in [2.45, 2.75) is 18.6 Å². The van der Waals surface area contributed by atoms with Crippen molar-refractivity contribution in [1.82, 2.24) is 4.90 Å². The molecule has 0 spiro atoms. The van der Waals surface area contributed by atoms with Crippen LogP contribution in [0.2, 0.25) is 0 Å². The average molecular weight is 208 g/mol. The van der Waals surface area contributed by atoms with Gasteiger partial charge in [0.2, 0.25) is 0 Å². The molecule has 0 aliphatic carbocycles. The largest absolute Gasteiger partial charge is 0.405 e. The number of nitriles is 1. The Balaban J connectivity index is 2.62. The highest BCUT2D eigenvalue weighted by Gasteiger charge is 2.43. The van der Waals surface area contributed by atoms with Crippen LogP contribution in [0.1, 0.15) is 6.42 Å². The number of morpholine rings is 1. The molecule has 0 N–H and O–H groups in total. The van der Waals surface area contributed by atoms with Gasteiger partial charge < -0.3 is 4.74 Å². The van der Waals surface area contributed by atoms with Crippen LogP contribution in [-0.2, 0) is 4.74 Å². The third kappa shape index (κ3) is 2.86. The fourth-order valence-electron chi connectivity index (χ4n) is 1.43. The molecule has 80 valence electrons. The molecule has 0 amide bonds. The highest BCUT2D eigenvalue weighted by molar-refractivity contribution is 4.88. The third-order valence-corrected chi connectivity index (χ3v) is 2.15. The van der Waals surface area contributed by atoms with Crippen molar-refractivity contribution < 1.29 is 17.9 Å². The maximum absolute atomic E-state index is 12.5. The van der Waals surface area contributed by atoms with E-state index in [1.54, 1.807) is 6.07 Å². The number of hydrogen-bond donors (Lipinski definition) is 0. The van der Waals surface area contributed by atoms with Gasteiger partial charge in [0.15, 0.2) is 0 Å². The minimum Gasteiger partial charge on any atom is -0.379 e. The van der Waals surface area contributed by atoms with Gasteiger partial charge in [0.1, 0.15) is 6.04 Å². The Labute approximate surface area is 80.1 Å². The number of ether oxygens (including phenoxy) is 1. The van der Waals surface area contributed by atoms with Crippen molar-refractivity contribution in [2.24, 2.45) is 0 Å². The summed E-state index contributed by atoms with van der Waals surface area (Å²) in [5, 5.41) is 8.32. The van der Waals surface area contributed by atoms with Gasteiger partial charge in [-0.25, -0.2) is 0 Å². The molecule has 1 heterocycles. The van der Waals surface area contributed by atoms with Gasteiger partial charge in [-0.2, -0.15) is 18.4 Å². The summed E-state index contributed by atoms with van der Waals surface area (Å²) in [5.41, 5.74) is 0. The molecule has 14 heavy (non-hydrogen) atoms. The van der Waals surface area contributed by atoms with Gasteiger partial charge in [0, 0.05) is 13.1 Å². The van der Waals surface area contributed by atoms with Gasteiger partial charge in [-0.15, -0.1) is 0 Å². The lowest BCUT2D eigenvalue weighted by molar-refractivity contribution is -0.190. The van der Waals surface area contributed by atoms with Crippen LogP contribution in [-0.4, -0.2) is 43.4 Å². The zero-order valence-electron chi connectivity index (χ0n) is 7.55. The van der Waals surface area contributed by atoms with E-state index in [2.05, 4.69) is 0 Å². The van der Waals surface area contributed by atoms with E-state index < -0.39 is 18.6 Å². The van der Waals surface area contributed by atoms with Gasteiger partial charge >= 0.3 is 6.18 Å². The average Bonchev–Trinajstić information content (AvgIpc) is 2.14. The minimum absolute atomic E-state index is 0.242. The van der Waals surface area contributed by atoms with E-state index in [-0.39, 0.29) is 13.1 Å². The van der Waals surface area contributed by atoms with E-state index in [0.29, 0.717) is 13.2 Å². The van der Waals surface area contributed by atoms with Crippen molar-refractivity contribution in [2.75, 3.05) is 26.3 Å². The molecule has 0 saturated carbocycles. The van der Waals surface area contributed by atoms with Crippen LogP contribution in [0.5, 0.6) is 0 Å². The molecule has 1 aliphatic rings. The molecule has 0 bridgehead atoms. The first-order valence-electron chi connectivity index (χ1n) is 4.31. The summed E-state index contributed by atoms with van der Waals surface area (Å²) in [5.74, 6) is 0. The topological polar surface area (TPSA) is 36.3 Å². The van der Waals surface area contributed by atoms with Crippen molar-refractivity contribution in [1.29, 1.82) is 5.26 Å². The maximum Gasteiger partial charge on any atom is 0.405 e. The Bertz CT molecular complexity index is 218. The van der Waals surface area contributed by atoms with Crippen LogP contribution < -0.4 is 0 Å². The van der Waals surface area contributed by atoms with Crippen LogP contribution in [0.25, 0.3) is 0 Å². The minimum atomic E-state index is -4.33. The summed E-state index contributed by atoms with van der Waals surface area (Å²) in [6.45, 7) is 1.09. The molecule has 1 fully saturated rings. The van der Waals surface area contributed by atoms with Crippen LogP contribution in [0.4, 0.5) is 13.2 Å². The summed E-state index contributed by atoms with van der Waals surface area (Å²) in [7, 11) is 0. The van der Waals surface area contributed by atoms with Crippen LogP contribution >= 0.6 is 0 Å². The van der Waals surface area contributed by atoms with Crippen LogP contribution in [0, 0.1) is 11.3 Å². The van der Waals surface area contributed by atoms with Gasteiger partial charge in [-0.05, 0) is 0 Å². The second-order valence-corrected chi connectivity index (χ2v) is 3.07. The molecule has 6 heteroatoms. The summed E-state index contributed by atoms with van der Waals surface area (Å²) in [4.78, 5) is 1.26. The molecule has 0 unspecified atom stereocenters. The lowest BCUT2D eigenvalue weighted by atomic mass is 10.1. The molecule has 0 aromatic rings. The molecule has 0 radical (unpaired) electrons. The molecule has 1 aliphatic heterocycles. The van der Waals surface area contributed by atoms with E-state index in [1.807, 2.05) is 0 Å². The fourth-order valence-corrected chi connectivity index (χ4v) is 1.43. The number of rotatable bonds is 2. The number of alkyl halides is 3. The first-order chi connectivity index (χ1) is 6.55. The fraction of sp³-hybridized carbons (Fsp3) is 0.875. The predicted octanol–water partition coefficient (Wildman–Crippen LogP) is 1.16. The van der Waals surface area contributed by atoms with Gasteiger partial charge in [-0.1, -0.05) is 0 Å². The second kappa shape index (κ2) is 4.62. The zero-order chi connectivity index (χ0) is 10.6. The zero-order valence-corrected chi connectivity index (χ0v) is 7.55. The Morgan fingerprint density at radius 2 is 1.93 bits per heavy atom. The summed E-state index contributed by atoms with van der Waals surface area (Å²) in [6, 6.07) is -0.0731. The van der Waals surface area contributed by atoms with Crippen LogP contribution in [0.3, 0.4) is 0 Å². The lowest BCUT2D eigenvalue weighted by Crippen LogP contribution is -2.50. The molecule has 1 rings (SSSR count). The normalized spacial score (nSPS) is 21.6. The first-order valence-corrected chi connectivity index (χ1v) is 4.31. The highest BCUT2D eigenvalue weighted by atomic mass is 19.4. The smallest absolute Gasteiger partial charge is 0.379 e. The predicted molar refractivity (Wildman–Crippen MR) is 42.5 cm³/mol. The standard InChI is InChI=1S/C8H11F3N2O/c9-8(10,11)7(1-2-12)13-3-5-14-6-4-13/h7H,1,3-6H2/t7-/m1/s1. The monoisotopic (exact) mass is 208 g/mol. The van der Waals surface area contributed by atoms with E-state index in [1.165, 1.54) is 4.90 Å². The van der Waals surface area contributed by atoms with Gasteiger partial charge in [-0.3, -0.25) is 4.90 Å². The molecule has 3 nitrogen and oxygen atoms in total. The summed E-state index contributed by atoms with van der Waals surface area (Å²) in [6.07, 6.45) is -4.84. The molecule has 0 aromatic heterocycles. The van der Waals surface area contributed by atoms with Crippen LogP contribution in [0.15, 0.2) is 0 Å². The molecular formula is C8H11F3N2O. The van der Waals surface area contributed by atoms with E-state index in [0.717, 1.165) is 0 Å². The van der Waals surface area contributed by atoms with Gasteiger partial charge in [0.25, 0.3) is 0 Å². The van der Waals surface area contributed by atoms with E-state index >= 15 is 0 Å². The number of nitrogens with zero attached hydrogens (tertiary/aromatic N) is 2. The van der Waals surface area contributed by atoms with Crippen molar-refractivity contribution in [3.63, 3.8) is 0 Å². The van der Waals surface area contributed by atoms with Crippen molar-refractivity contribution in [3.8, 4) is 6.07 Å². The lowest BCUT2D eigenvalue weighted by Gasteiger charge is -2.34. The number of halogens is 3. The van der Waals surface area contributed by atoms with Gasteiger partial charge in [0.05, 0.1) is 25.7 Å². The SMILES string of the molecule is N#CC[C@@H](N1CCOCC1)C(F)(F)F.